The van der Waals surface area contributed by atoms with E-state index in [2.05, 4.69) is 10.3 Å². The van der Waals surface area contributed by atoms with Crippen molar-refractivity contribution < 1.29 is 24.2 Å². The summed E-state index contributed by atoms with van der Waals surface area (Å²) in [6.45, 7) is 1.73. The lowest BCUT2D eigenvalue weighted by molar-refractivity contribution is -0.119. The van der Waals surface area contributed by atoms with E-state index in [4.69, 9.17) is 27.2 Å². The van der Waals surface area contributed by atoms with Crippen LogP contribution < -0.4 is 21.3 Å². The third-order valence-electron chi connectivity index (χ3n) is 6.06. The number of carbonyl (C=O) groups excluding carboxylic acids is 2. The van der Waals surface area contributed by atoms with E-state index in [1.807, 2.05) is 0 Å². The summed E-state index contributed by atoms with van der Waals surface area (Å²) >= 11 is 6.22. The zero-order valence-electron chi connectivity index (χ0n) is 22.2. The van der Waals surface area contributed by atoms with Crippen molar-refractivity contribution in [3.63, 3.8) is 0 Å². The molecule has 40 heavy (non-hydrogen) atoms. The van der Waals surface area contributed by atoms with Gasteiger partial charge in [0, 0.05) is 59.7 Å². The van der Waals surface area contributed by atoms with Gasteiger partial charge in [0.25, 0.3) is 5.56 Å². The number of Topliss-reactive ketones (excluding diaryl/α,β-unsaturated/α-hetero) is 1. The highest BCUT2D eigenvalue weighted by Crippen LogP contribution is 2.34. The number of hydrogen-bond donors (Lipinski definition) is 3. The summed E-state index contributed by atoms with van der Waals surface area (Å²) in [6, 6.07) is 10.5. The zero-order valence-corrected chi connectivity index (χ0v) is 22.9. The fourth-order valence-corrected chi connectivity index (χ4v) is 4.19. The number of nitrogens with zero attached hydrogens (tertiary/aromatic N) is 2. The van der Waals surface area contributed by atoms with Gasteiger partial charge in [-0.15, -0.1) is 0 Å². The van der Waals surface area contributed by atoms with Gasteiger partial charge in [0.15, 0.2) is 5.78 Å². The first-order chi connectivity index (χ1) is 19.1. The Balaban J connectivity index is 2.12. The average molecular weight is 565 g/mol. The molecular weight excluding hydrogens is 536 g/mol. The van der Waals surface area contributed by atoms with E-state index < -0.39 is 23.5 Å². The molecule has 208 valence electrons. The number of ether oxygens (including phenoxy) is 1. The van der Waals surface area contributed by atoms with Crippen molar-refractivity contribution in [2.45, 2.75) is 25.8 Å². The highest BCUT2D eigenvalue weighted by atomic mass is 35.5. The van der Waals surface area contributed by atoms with Gasteiger partial charge >= 0.3 is 5.97 Å². The highest BCUT2D eigenvalue weighted by molar-refractivity contribution is 6.31. The number of nitrogens with two attached hydrogens (primary N) is 1. The topological polar surface area (TPSA) is 153 Å². The third-order valence-corrected chi connectivity index (χ3v) is 6.30. The first kappa shape index (κ1) is 29.9. The molecule has 11 heteroatoms. The minimum atomic E-state index is -1.12. The van der Waals surface area contributed by atoms with Crippen LogP contribution in [0.15, 0.2) is 76.3 Å². The van der Waals surface area contributed by atoms with E-state index in [9.17, 15) is 19.2 Å². The van der Waals surface area contributed by atoms with Gasteiger partial charge in [-0.25, -0.2) is 4.79 Å². The largest absolute Gasteiger partial charge is 0.495 e. The van der Waals surface area contributed by atoms with Gasteiger partial charge in [-0.2, -0.15) is 0 Å². The Labute approximate surface area is 235 Å². The number of methoxy groups -OCH3 is 1. The normalized spacial score (nSPS) is 12.2. The fraction of sp³-hybridized carbons (Fsp3) is 0.207. The number of anilines is 1. The molecule has 1 unspecified atom stereocenters. The van der Waals surface area contributed by atoms with Crippen molar-refractivity contribution in [1.29, 1.82) is 0 Å². The van der Waals surface area contributed by atoms with E-state index in [0.717, 1.165) is 0 Å². The molecule has 0 saturated carbocycles. The Morgan fingerprint density at radius 2 is 1.85 bits per heavy atom. The van der Waals surface area contributed by atoms with Crippen LogP contribution in [0.3, 0.4) is 0 Å². The van der Waals surface area contributed by atoms with E-state index in [1.54, 1.807) is 32.2 Å². The molecule has 0 aliphatic rings. The van der Waals surface area contributed by atoms with Crippen LogP contribution in [0, 0.1) is 0 Å². The van der Waals surface area contributed by atoms with E-state index >= 15 is 0 Å². The van der Waals surface area contributed by atoms with Gasteiger partial charge in [0.1, 0.15) is 11.8 Å². The second kappa shape index (κ2) is 13.4. The van der Waals surface area contributed by atoms with Gasteiger partial charge in [0.2, 0.25) is 5.91 Å². The Bertz CT molecular complexity index is 1540. The number of carbonyl (C=O) groups is 3. The Morgan fingerprint density at radius 3 is 2.45 bits per heavy atom. The van der Waals surface area contributed by atoms with E-state index in [-0.39, 0.29) is 35.6 Å². The Morgan fingerprint density at radius 1 is 1.15 bits per heavy atom. The molecule has 0 aliphatic heterocycles. The Hall–Kier alpha value is -4.70. The number of amides is 1. The van der Waals surface area contributed by atoms with Crippen molar-refractivity contribution >= 4 is 41.2 Å². The summed E-state index contributed by atoms with van der Waals surface area (Å²) in [4.78, 5) is 54.6. The molecule has 1 heterocycles. The van der Waals surface area contributed by atoms with Gasteiger partial charge in [0.05, 0.1) is 18.9 Å². The predicted molar refractivity (Wildman–Crippen MR) is 155 cm³/mol. The number of carboxylic acid groups (broad SMARTS) is 1. The molecule has 0 radical (unpaired) electrons. The van der Waals surface area contributed by atoms with Crippen LogP contribution in [0.5, 0.6) is 5.75 Å². The zero-order chi connectivity index (χ0) is 29.4. The average Bonchev–Trinajstić information content (AvgIpc) is 2.94. The van der Waals surface area contributed by atoms with Crippen LogP contribution in [-0.2, 0) is 4.79 Å². The number of nitrogens with one attached hydrogen (secondary N) is 1. The highest BCUT2D eigenvalue weighted by Gasteiger charge is 2.25. The maximum absolute atomic E-state index is 13.5. The number of allylic oxidation sites excluding steroid dienone is 2. The number of halogens is 1. The van der Waals surface area contributed by atoms with Gasteiger partial charge in [-0.3, -0.25) is 23.9 Å². The van der Waals surface area contributed by atoms with Gasteiger partial charge < -0.3 is 20.9 Å². The number of ketones is 1. The molecule has 0 saturated heterocycles. The molecule has 3 rings (SSSR count). The summed E-state index contributed by atoms with van der Waals surface area (Å²) in [7, 11) is 2.97. The van der Waals surface area contributed by atoms with Crippen molar-refractivity contribution in [2.75, 3.05) is 19.5 Å². The molecule has 10 nitrogen and oxygen atoms in total. The number of pyridine rings is 1. The van der Waals surface area contributed by atoms with Crippen molar-refractivity contribution in [3.8, 4) is 16.9 Å². The van der Waals surface area contributed by atoms with Crippen LogP contribution in [0.1, 0.15) is 46.5 Å². The Kier molecular flexibility index (Phi) is 9.99. The van der Waals surface area contributed by atoms with E-state index in [1.165, 1.54) is 60.5 Å². The number of hydrogen-bond acceptors (Lipinski definition) is 7. The number of aromatic nitrogens is 1. The van der Waals surface area contributed by atoms with Crippen LogP contribution in [-0.4, -0.2) is 47.7 Å². The van der Waals surface area contributed by atoms with Gasteiger partial charge in [-0.1, -0.05) is 18.5 Å². The van der Waals surface area contributed by atoms with Gasteiger partial charge in [-0.05, 0) is 54.1 Å². The molecular formula is C29H29ClN4O6. The molecule has 1 atom stereocenters. The fourth-order valence-electron chi connectivity index (χ4n) is 4.02. The molecule has 4 N–H and O–H groups in total. The molecule has 0 bridgehead atoms. The first-order valence-electron chi connectivity index (χ1n) is 12.2. The number of rotatable bonds is 11. The number of aromatic carboxylic acids is 1. The lowest BCUT2D eigenvalue weighted by Crippen LogP contribution is -2.34. The number of benzene rings is 2. The quantitative estimate of drug-likeness (QED) is 0.227. The van der Waals surface area contributed by atoms with Crippen molar-refractivity contribution in [1.82, 2.24) is 4.57 Å². The van der Waals surface area contributed by atoms with Crippen LogP contribution in [0.25, 0.3) is 11.1 Å². The van der Waals surface area contributed by atoms with Crippen LogP contribution in [0.2, 0.25) is 5.02 Å². The predicted octanol–water partition coefficient (Wildman–Crippen LogP) is 4.58. The molecule has 2 aromatic carbocycles. The first-order valence-corrected chi connectivity index (χ1v) is 12.6. The minimum Gasteiger partial charge on any atom is -0.495 e. The summed E-state index contributed by atoms with van der Waals surface area (Å²) in [5, 5.41) is 12.2. The SMILES string of the molecule is CCC(=O)c1ccc(Cl)cc1-c1cc(=O)n(C(CC(N)=CC=NC)C(=O)Nc2ccc(C(=O)O)cc2)cc1OC. The second-order valence-electron chi connectivity index (χ2n) is 8.71. The molecule has 1 amide bonds. The molecule has 0 aliphatic carbocycles. The lowest BCUT2D eigenvalue weighted by Gasteiger charge is -2.22. The number of carboxylic acids is 1. The summed E-state index contributed by atoms with van der Waals surface area (Å²) < 4.78 is 6.78. The lowest BCUT2D eigenvalue weighted by atomic mass is 9.96. The monoisotopic (exact) mass is 564 g/mol. The standard InChI is InChI=1S/C29H29ClN4O6/c1-4-25(35)21-10-7-18(30)13-22(21)23-15-27(36)34(16-26(23)40-3)24(14-19(31)11-12-32-2)28(37)33-20-8-5-17(6-9-20)29(38)39/h5-13,15-16,24H,4,14,31H2,1-3H3,(H,33,37)(H,38,39). The maximum atomic E-state index is 13.5. The third kappa shape index (κ3) is 7.03. The molecule has 0 spiro atoms. The second-order valence-corrected chi connectivity index (χ2v) is 9.14. The minimum absolute atomic E-state index is 0.0514. The summed E-state index contributed by atoms with van der Waals surface area (Å²) in [5.41, 5.74) is 7.40. The maximum Gasteiger partial charge on any atom is 0.335 e. The number of aliphatic imine (C=N–C) groups is 1. The van der Waals surface area contributed by atoms with E-state index in [0.29, 0.717) is 27.4 Å². The van der Waals surface area contributed by atoms with Crippen molar-refractivity contribution in [2.24, 2.45) is 10.7 Å². The smallest absolute Gasteiger partial charge is 0.335 e. The molecule has 0 fully saturated rings. The summed E-state index contributed by atoms with van der Waals surface area (Å²) in [6.07, 6.45) is 4.57. The molecule has 3 aromatic rings. The summed E-state index contributed by atoms with van der Waals surface area (Å²) in [5.74, 6) is -1.59. The van der Waals surface area contributed by atoms with Crippen molar-refractivity contribution in [3.05, 3.63) is 93.0 Å². The van der Waals surface area contributed by atoms with Crippen LogP contribution in [0.4, 0.5) is 5.69 Å². The molecule has 1 aromatic heterocycles. The van der Waals surface area contributed by atoms with Crippen LogP contribution >= 0.6 is 11.6 Å².